The Morgan fingerprint density at radius 2 is 2.05 bits per heavy atom. The van der Waals surface area contributed by atoms with Crippen LogP contribution in [0.5, 0.6) is 0 Å². The average molecular weight is 291 g/mol. The van der Waals surface area contributed by atoms with Crippen LogP contribution in [0, 0.1) is 6.92 Å². The second-order valence-corrected chi connectivity index (χ2v) is 5.31. The Balaban J connectivity index is 2.36. The van der Waals surface area contributed by atoms with Gasteiger partial charge in [-0.05, 0) is 43.5 Å². The number of benzene rings is 1. The topological polar surface area (TPSA) is 84.2 Å². The van der Waals surface area contributed by atoms with E-state index < -0.39 is 5.91 Å². The van der Waals surface area contributed by atoms with Gasteiger partial charge in [-0.25, -0.2) is 0 Å². The largest absolute Gasteiger partial charge is 0.366 e. The summed E-state index contributed by atoms with van der Waals surface area (Å²) in [5.41, 5.74) is 7.87. The molecule has 0 bridgehead atoms. The number of rotatable bonds is 8. The predicted molar refractivity (Wildman–Crippen MR) is 83.9 cm³/mol. The first-order chi connectivity index (χ1) is 9.93. The van der Waals surface area contributed by atoms with Gasteiger partial charge in [-0.1, -0.05) is 13.0 Å². The summed E-state index contributed by atoms with van der Waals surface area (Å²) < 4.78 is 0. The van der Waals surface area contributed by atoms with Crippen molar-refractivity contribution in [3.63, 3.8) is 0 Å². The number of primary amides is 1. The van der Waals surface area contributed by atoms with Crippen LogP contribution < -0.4 is 16.4 Å². The predicted octanol–water partition coefficient (Wildman–Crippen LogP) is 1.49. The molecular formula is C16H25N3O2. The maximum atomic E-state index is 11.6. The summed E-state index contributed by atoms with van der Waals surface area (Å²) in [4.78, 5) is 22.7. The highest BCUT2D eigenvalue weighted by molar-refractivity contribution is 5.93. The van der Waals surface area contributed by atoms with Crippen molar-refractivity contribution in [1.29, 1.82) is 0 Å². The Bertz CT molecular complexity index is 500. The lowest BCUT2D eigenvalue weighted by molar-refractivity contribution is -0.121. The third kappa shape index (κ3) is 5.95. The number of hydrogen-bond acceptors (Lipinski definition) is 3. The molecule has 1 aromatic carbocycles. The van der Waals surface area contributed by atoms with E-state index in [1.807, 2.05) is 26.8 Å². The van der Waals surface area contributed by atoms with Crippen LogP contribution in [-0.2, 0) is 11.3 Å². The molecule has 0 aromatic heterocycles. The summed E-state index contributed by atoms with van der Waals surface area (Å²) >= 11 is 0. The molecule has 0 saturated heterocycles. The van der Waals surface area contributed by atoms with E-state index in [1.165, 1.54) is 0 Å². The molecule has 0 aliphatic heterocycles. The van der Waals surface area contributed by atoms with Gasteiger partial charge in [0.15, 0.2) is 0 Å². The van der Waals surface area contributed by atoms with Gasteiger partial charge in [0.1, 0.15) is 0 Å². The van der Waals surface area contributed by atoms with Gasteiger partial charge in [-0.3, -0.25) is 9.59 Å². The molecule has 2 amide bonds. The van der Waals surface area contributed by atoms with Crippen LogP contribution in [0.4, 0.5) is 0 Å². The Morgan fingerprint density at radius 1 is 1.33 bits per heavy atom. The second-order valence-electron chi connectivity index (χ2n) is 5.31. The van der Waals surface area contributed by atoms with E-state index in [4.69, 9.17) is 5.73 Å². The molecule has 0 radical (unpaired) electrons. The zero-order valence-corrected chi connectivity index (χ0v) is 13.0. The van der Waals surface area contributed by atoms with Crippen molar-refractivity contribution in [2.24, 2.45) is 5.73 Å². The maximum Gasteiger partial charge on any atom is 0.248 e. The van der Waals surface area contributed by atoms with Gasteiger partial charge in [-0.15, -0.1) is 0 Å². The standard InChI is InChI=1S/C16H25N3O2/c1-4-12(3)19-15(20)7-8-18-10-14-6-5-13(16(17)21)9-11(14)2/h5-6,9,12,18H,4,7-8,10H2,1-3H3,(H2,17,21)(H,19,20). The summed E-state index contributed by atoms with van der Waals surface area (Å²) in [7, 11) is 0. The van der Waals surface area contributed by atoms with Gasteiger partial charge in [0.25, 0.3) is 0 Å². The molecule has 5 nitrogen and oxygen atoms in total. The highest BCUT2D eigenvalue weighted by Crippen LogP contribution is 2.10. The van der Waals surface area contributed by atoms with Gasteiger partial charge in [-0.2, -0.15) is 0 Å². The monoisotopic (exact) mass is 291 g/mol. The van der Waals surface area contributed by atoms with Gasteiger partial charge < -0.3 is 16.4 Å². The third-order valence-corrected chi connectivity index (χ3v) is 3.49. The molecule has 0 spiro atoms. The zero-order chi connectivity index (χ0) is 15.8. The molecule has 0 fully saturated rings. The van der Waals surface area contributed by atoms with Crippen LogP contribution in [0.25, 0.3) is 0 Å². The lowest BCUT2D eigenvalue weighted by Gasteiger charge is -2.12. The molecule has 0 saturated carbocycles. The summed E-state index contributed by atoms with van der Waals surface area (Å²) in [6.45, 7) is 7.27. The van der Waals surface area contributed by atoms with E-state index in [0.29, 0.717) is 25.1 Å². The minimum atomic E-state index is -0.417. The molecule has 4 N–H and O–H groups in total. The average Bonchev–Trinajstić information content (AvgIpc) is 2.44. The maximum absolute atomic E-state index is 11.6. The summed E-state index contributed by atoms with van der Waals surface area (Å²) in [5, 5.41) is 6.17. The first-order valence-electron chi connectivity index (χ1n) is 7.33. The van der Waals surface area contributed by atoms with E-state index >= 15 is 0 Å². The molecule has 116 valence electrons. The zero-order valence-electron chi connectivity index (χ0n) is 13.0. The van der Waals surface area contributed by atoms with E-state index in [0.717, 1.165) is 17.5 Å². The Morgan fingerprint density at radius 3 is 2.62 bits per heavy atom. The number of carbonyl (C=O) groups is 2. The number of aryl methyl sites for hydroxylation is 1. The Kier molecular flexibility index (Phi) is 6.88. The van der Waals surface area contributed by atoms with Crippen molar-refractivity contribution < 1.29 is 9.59 Å². The summed E-state index contributed by atoms with van der Waals surface area (Å²) in [5.74, 6) is -0.350. The van der Waals surface area contributed by atoms with Crippen LogP contribution in [-0.4, -0.2) is 24.4 Å². The second kappa shape index (κ2) is 8.42. The number of hydrogen-bond donors (Lipinski definition) is 3. The lowest BCUT2D eigenvalue weighted by Crippen LogP contribution is -2.33. The van der Waals surface area contributed by atoms with Crippen molar-refractivity contribution in [2.75, 3.05) is 6.54 Å². The van der Waals surface area contributed by atoms with E-state index in [1.54, 1.807) is 12.1 Å². The molecule has 1 rings (SSSR count). The normalized spacial score (nSPS) is 12.0. The number of carbonyl (C=O) groups excluding carboxylic acids is 2. The number of nitrogens with two attached hydrogens (primary N) is 1. The van der Waals surface area contributed by atoms with E-state index in [-0.39, 0.29) is 11.9 Å². The molecule has 1 unspecified atom stereocenters. The van der Waals surface area contributed by atoms with Crippen molar-refractivity contribution >= 4 is 11.8 Å². The number of amides is 2. The lowest BCUT2D eigenvalue weighted by atomic mass is 10.0. The van der Waals surface area contributed by atoms with Crippen molar-refractivity contribution in [1.82, 2.24) is 10.6 Å². The van der Waals surface area contributed by atoms with Crippen molar-refractivity contribution in [3.8, 4) is 0 Å². The first kappa shape index (κ1) is 17.2. The molecular weight excluding hydrogens is 266 g/mol. The minimum absolute atomic E-state index is 0.0673. The Labute approximate surface area is 126 Å². The van der Waals surface area contributed by atoms with Crippen LogP contribution in [0.3, 0.4) is 0 Å². The minimum Gasteiger partial charge on any atom is -0.366 e. The van der Waals surface area contributed by atoms with Crippen molar-refractivity contribution in [3.05, 3.63) is 34.9 Å². The van der Waals surface area contributed by atoms with Crippen LogP contribution in [0.15, 0.2) is 18.2 Å². The van der Waals surface area contributed by atoms with Gasteiger partial charge in [0.05, 0.1) is 0 Å². The van der Waals surface area contributed by atoms with Crippen LogP contribution in [0.2, 0.25) is 0 Å². The third-order valence-electron chi connectivity index (χ3n) is 3.49. The van der Waals surface area contributed by atoms with Gasteiger partial charge in [0, 0.05) is 31.1 Å². The molecule has 5 heteroatoms. The summed E-state index contributed by atoms with van der Waals surface area (Å²) in [6.07, 6.45) is 1.40. The number of nitrogens with one attached hydrogen (secondary N) is 2. The molecule has 1 aromatic rings. The molecule has 0 aliphatic carbocycles. The highest BCUT2D eigenvalue weighted by atomic mass is 16.2. The first-order valence-corrected chi connectivity index (χ1v) is 7.33. The summed E-state index contributed by atoms with van der Waals surface area (Å²) in [6, 6.07) is 5.62. The smallest absolute Gasteiger partial charge is 0.248 e. The van der Waals surface area contributed by atoms with Crippen LogP contribution >= 0.6 is 0 Å². The van der Waals surface area contributed by atoms with Gasteiger partial charge >= 0.3 is 0 Å². The Hall–Kier alpha value is -1.88. The highest BCUT2D eigenvalue weighted by Gasteiger charge is 2.06. The fourth-order valence-electron chi connectivity index (χ4n) is 1.92. The fraction of sp³-hybridized carbons (Fsp3) is 0.500. The SMILES string of the molecule is CCC(C)NC(=O)CCNCc1ccc(C(N)=O)cc1C. The molecule has 21 heavy (non-hydrogen) atoms. The van der Waals surface area contributed by atoms with E-state index in [2.05, 4.69) is 10.6 Å². The van der Waals surface area contributed by atoms with Crippen molar-refractivity contribution in [2.45, 2.75) is 46.2 Å². The fourth-order valence-corrected chi connectivity index (χ4v) is 1.92. The molecule has 1 atom stereocenters. The van der Waals surface area contributed by atoms with Gasteiger partial charge in [0.2, 0.25) is 11.8 Å². The molecule has 0 aliphatic rings. The van der Waals surface area contributed by atoms with E-state index in [9.17, 15) is 9.59 Å². The molecule has 0 heterocycles. The quantitative estimate of drug-likeness (QED) is 0.634. The van der Waals surface area contributed by atoms with Crippen LogP contribution in [0.1, 0.15) is 48.2 Å².